The number of methoxy groups -OCH3 is 1. The third kappa shape index (κ3) is 5.35. The number of nitrogens with one attached hydrogen (secondary N) is 1. The van der Waals surface area contributed by atoms with E-state index in [1.807, 2.05) is 0 Å². The van der Waals surface area contributed by atoms with Gasteiger partial charge in [0.2, 0.25) is 0 Å². The number of ether oxygens (including phenoxy) is 1. The van der Waals surface area contributed by atoms with Crippen molar-refractivity contribution in [3.63, 3.8) is 0 Å². The van der Waals surface area contributed by atoms with E-state index >= 15 is 0 Å². The van der Waals surface area contributed by atoms with Crippen molar-refractivity contribution < 1.29 is 26.7 Å². The van der Waals surface area contributed by atoms with Gasteiger partial charge in [0.05, 0.1) is 22.7 Å². The van der Waals surface area contributed by atoms with Crippen LogP contribution in [0.2, 0.25) is 5.02 Å². The van der Waals surface area contributed by atoms with Crippen LogP contribution in [0.5, 0.6) is 5.75 Å². The van der Waals surface area contributed by atoms with Gasteiger partial charge in [-0.2, -0.15) is 0 Å². The zero-order valence-electron chi connectivity index (χ0n) is 17.1. The quantitative estimate of drug-likeness (QED) is 0.532. The Kier molecular flexibility index (Phi) is 7.00. The average molecular weight is 481 g/mol. The predicted molar refractivity (Wildman–Crippen MR) is 117 cm³/mol. The molecule has 6 nitrogen and oxygen atoms in total. The number of carbonyl (C=O) groups is 1. The zero-order chi connectivity index (χ0) is 23.5. The van der Waals surface area contributed by atoms with E-state index in [-0.39, 0.29) is 33.5 Å². The lowest BCUT2D eigenvalue weighted by Gasteiger charge is -2.19. The maximum absolute atomic E-state index is 13.9. The number of sulfonamides is 1. The molecule has 0 fully saturated rings. The molecule has 0 bridgehead atoms. The van der Waals surface area contributed by atoms with E-state index in [0.717, 1.165) is 24.3 Å². The minimum absolute atomic E-state index is 0.00858. The van der Waals surface area contributed by atoms with Crippen molar-refractivity contribution in [1.29, 1.82) is 0 Å². The van der Waals surface area contributed by atoms with Crippen molar-refractivity contribution in [2.24, 2.45) is 0 Å². The first-order valence-electron chi connectivity index (χ1n) is 9.26. The minimum atomic E-state index is -4.05. The van der Waals surface area contributed by atoms with Crippen LogP contribution in [0.25, 0.3) is 0 Å². The normalized spacial score (nSPS) is 11.2. The van der Waals surface area contributed by atoms with Gasteiger partial charge in [-0.25, -0.2) is 17.2 Å². The number of carbonyl (C=O) groups excluding carboxylic acids is 1. The molecule has 1 N–H and O–H groups in total. The molecule has 32 heavy (non-hydrogen) atoms. The lowest BCUT2D eigenvalue weighted by Crippen LogP contribution is -2.26. The molecule has 3 rings (SSSR count). The van der Waals surface area contributed by atoms with Crippen molar-refractivity contribution in [3.8, 4) is 5.75 Å². The van der Waals surface area contributed by atoms with Crippen molar-refractivity contribution in [2.75, 3.05) is 18.9 Å². The number of benzene rings is 3. The monoisotopic (exact) mass is 480 g/mol. The Labute approximate surface area is 189 Å². The molecule has 1 amide bonds. The summed E-state index contributed by atoms with van der Waals surface area (Å²) in [5.74, 6) is -1.46. The van der Waals surface area contributed by atoms with Gasteiger partial charge in [0.15, 0.2) is 11.6 Å². The Bertz CT molecular complexity index is 1250. The second kappa shape index (κ2) is 9.54. The van der Waals surface area contributed by atoms with E-state index in [4.69, 9.17) is 16.3 Å². The van der Waals surface area contributed by atoms with Gasteiger partial charge < -0.3 is 9.64 Å². The Hall–Kier alpha value is -3.17. The summed E-state index contributed by atoms with van der Waals surface area (Å²) in [6, 6.07) is 12.8. The fraction of sp³-hybridized carbons (Fsp3) is 0.136. The zero-order valence-corrected chi connectivity index (χ0v) is 18.7. The first-order chi connectivity index (χ1) is 15.1. The molecule has 10 heteroatoms. The van der Waals surface area contributed by atoms with E-state index in [0.29, 0.717) is 5.56 Å². The van der Waals surface area contributed by atoms with E-state index in [1.165, 1.54) is 49.4 Å². The fourth-order valence-corrected chi connectivity index (χ4v) is 4.22. The Morgan fingerprint density at radius 2 is 1.75 bits per heavy atom. The van der Waals surface area contributed by atoms with Gasteiger partial charge in [-0.05, 0) is 60.2 Å². The van der Waals surface area contributed by atoms with Crippen molar-refractivity contribution in [3.05, 3.63) is 88.4 Å². The van der Waals surface area contributed by atoms with Crippen molar-refractivity contribution in [1.82, 2.24) is 4.90 Å². The topological polar surface area (TPSA) is 75.7 Å². The second-order valence-electron chi connectivity index (χ2n) is 6.88. The van der Waals surface area contributed by atoms with Crippen LogP contribution in [0.1, 0.15) is 15.9 Å². The molecule has 0 aliphatic rings. The number of halogens is 3. The highest BCUT2D eigenvalue weighted by molar-refractivity contribution is 7.92. The first kappa shape index (κ1) is 23.5. The van der Waals surface area contributed by atoms with Gasteiger partial charge in [-0.1, -0.05) is 17.7 Å². The highest BCUT2D eigenvalue weighted by Crippen LogP contribution is 2.27. The van der Waals surface area contributed by atoms with Crippen LogP contribution in [0, 0.1) is 11.6 Å². The second-order valence-corrected chi connectivity index (χ2v) is 8.97. The number of amides is 1. The number of hydrogen-bond acceptors (Lipinski definition) is 4. The van der Waals surface area contributed by atoms with E-state index in [9.17, 15) is 22.0 Å². The van der Waals surface area contributed by atoms with Crippen LogP contribution < -0.4 is 9.46 Å². The van der Waals surface area contributed by atoms with Crippen LogP contribution in [-0.4, -0.2) is 33.4 Å². The molecule has 0 unspecified atom stereocenters. The predicted octanol–water partition coefficient (Wildman–Crippen LogP) is 4.70. The minimum Gasteiger partial charge on any atom is -0.494 e. The third-order valence-electron chi connectivity index (χ3n) is 4.56. The summed E-state index contributed by atoms with van der Waals surface area (Å²) in [5, 5.41) is 0.0760. The molecule has 0 aliphatic carbocycles. The number of hydrogen-bond donors (Lipinski definition) is 1. The number of nitrogens with zero attached hydrogens (tertiary/aromatic N) is 1. The summed E-state index contributed by atoms with van der Waals surface area (Å²) in [6.45, 7) is 0.110. The molecule has 3 aromatic carbocycles. The number of anilines is 1. The highest BCUT2D eigenvalue weighted by Gasteiger charge is 2.19. The summed E-state index contributed by atoms with van der Waals surface area (Å²) < 4.78 is 59.3. The maximum Gasteiger partial charge on any atom is 0.261 e. The first-order valence-corrected chi connectivity index (χ1v) is 11.1. The van der Waals surface area contributed by atoms with Gasteiger partial charge in [-0.3, -0.25) is 9.52 Å². The summed E-state index contributed by atoms with van der Waals surface area (Å²) in [7, 11) is -1.17. The molecule has 0 radical (unpaired) electrons. The molecule has 0 saturated heterocycles. The molecular weight excluding hydrogens is 462 g/mol. The molecule has 3 aromatic rings. The highest BCUT2D eigenvalue weighted by atomic mass is 35.5. The summed E-state index contributed by atoms with van der Waals surface area (Å²) in [6.07, 6.45) is 0. The average Bonchev–Trinajstić information content (AvgIpc) is 2.75. The van der Waals surface area contributed by atoms with E-state index in [1.54, 1.807) is 6.07 Å². The lowest BCUT2D eigenvalue weighted by atomic mass is 10.1. The Morgan fingerprint density at radius 1 is 1.06 bits per heavy atom. The van der Waals surface area contributed by atoms with Crippen LogP contribution in [0.3, 0.4) is 0 Å². The Morgan fingerprint density at radius 3 is 2.38 bits per heavy atom. The van der Waals surface area contributed by atoms with E-state index in [2.05, 4.69) is 4.72 Å². The third-order valence-corrected chi connectivity index (χ3v) is 6.28. The van der Waals surface area contributed by atoms with Crippen molar-refractivity contribution in [2.45, 2.75) is 11.4 Å². The molecular formula is C22H19ClF2N2O4S. The van der Waals surface area contributed by atoms with Crippen LogP contribution in [-0.2, 0) is 16.6 Å². The largest absolute Gasteiger partial charge is 0.494 e. The molecule has 0 aromatic heterocycles. The number of rotatable bonds is 7. The maximum atomic E-state index is 13.9. The molecule has 168 valence electrons. The van der Waals surface area contributed by atoms with E-state index < -0.39 is 27.6 Å². The van der Waals surface area contributed by atoms with Gasteiger partial charge in [0, 0.05) is 19.2 Å². The van der Waals surface area contributed by atoms with Gasteiger partial charge >= 0.3 is 0 Å². The van der Waals surface area contributed by atoms with Crippen LogP contribution >= 0.6 is 11.6 Å². The smallest absolute Gasteiger partial charge is 0.261 e. The van der Waals surface area contributed by atoms with Gasteiger partial charge in [0.25, 0.3) is 15.9 Å². The molecule has 0 aliphatic heterocycles. The van der Waals surface area contributed by atoms with Crippen LogP contribution in [0.15, 0.2) is 65.6 Å². The molecule has 0 saturated carbocycles. The summed E-state index contributed by atoms with van der Waals surface area (Å²) >= 11 is 6.11. The summed E-state index contributed by atoms with van der Waals surface area (Å²) in [4.78, 5) is 14.0. The van der Waals surface area contributed by atoms with Crippen LogP contribution in [0.4, 0.5) is 14.5 Å². The van der Waals surface area contributed by atoms with Crippen molar-refractivity contribution >= 4 is 33.2 Å². The molecule has 0 atom stereocenters. The molecule has 0 heterocycles. The van der Waals surface area contributed by atoms with Gasteiger partial charge in [0.1, 0.15) is 5.82 Å². The Balaban J connectivity index is 1.80. The van der Waals surface area contributed by atoms with Gasteiger partial charge in [-0.15, -0.1) is 0 Å². The molecule has 0 spiro atoms. The fourth-order valence-electron chi connectivity index (χ4n) is 2.93. The summed E-state index contributed by atoms with van der Waals surface area (Å²) in [5.41, 5.74) is 0.707. The lowest BCUT2D eigenvalue weighted by molar-refractivity contribution is 0.0785. The SMILES string of the molecule is COc1ccc(CN(C)C(=O)c2ccc(Cl)c(NS(=O)(=O)c3ccc(F)cc3)c2)cc1F. The standard InChI is InChI=1S/C22H19ClF2N2O4S/c1-27(13-14-3-10-21(31-2)19(25)11-14)22(28)15-4-9-18(23)20(12-15)26-32(29,30)17-7-5-16(24)6-8-17/h3-12,26H,13H2,1-2H3.